The molecule has 2 heterocycles. The Hall–Kier alpha value is -2.01. The van der Waals surface area contributed by atoms with Gasteiger partial charge in [-0.05, 0) is 12.1 Å². The van der Waals surface area contributed by atoms with Crippen LogP contribution in [0.25, 0.3) is 21.8 Å². The monoisotopic (exact) mass is 233 g/mol. The molecule has 6 heteroatoms. The SMILES string of the molecule is Nc1nc(N)c2c(n1)c(Cl)cc1[nH]ccc12. The number of benzene rings is 1. The first kappa shape index (κ1) is 9.23. The number of nitrogens with two attached hydrogens (primary N) is 2. The van der Waals surface area contributed by atoms with Crippen LogP contribution in [0, 0.1) is 0 Å². The summed E-state index contributed by atoms with van der Waals surface area (Å²) in [5.74, 6) is 0.469. The van der Waals surface area contributed by atoms with Gasteiger partial charge < -0.3 is 16.5 Å². The quantitative estimate of drug-likeness (QED) is 0.553. The van der Waals surface area contributed by atoms with Crippen LogP contribution in [0.15, 0.2) is 18.3 Å². The fourth-order valence-corrected chi connectivity index (χ4v) is 2.10. The van der Waals surface area contributed by atoms with Gasteiger partial charge in [-0.3, -0.25) is 0 Å². The molecule has 16 heavy (non-hydrogen) atoms. The Bertz CT molecular complexity index is 703. The smallest absolute Gasteiger partial charge is 0.222 e. The number of fused-ring (bicyclic) bond motifs is 3. The molecule has 2 aromatic heterocycles. The molecule has 0 bridgehead atoms. The predicted molar refractivity (Wildman–Crippen MR) is 65.2 cm³/mol. The number of nitrogens with one attached hydrogen (secondary N) is 1. The second-order valence-electron chi connectivity index (χ2n) is 3.49. The number of nitrogens with zero attached hydrogens (tertiary/aromatic N) is 2. The molecule has 0 aliphatic carbocycles. The predicted octanol–water partition coefficient (Wildman–Crippen LogP) is 1.93. The van der Waals surface area contributed by atoms with Crippen LogP contribution in [0.3, 0.4) is 0 Å². The van der Waals surface area contributed by atoms with Crippen molar-refractivity contribution in [3.05, 3.63) is 23.4 Å². The van der Waals surface area contributed by atoms with Crippen LogP contribution in [-0.4, -0.2) is 15.0 Å². The molecule has 0 atom stereocenters. The van der Waals surface area contributed by atoms with Gasteiger partial charge in [-0.15, -0.1) is 0 Å². The lowest BCUT2D eigenvalue weighted by Crippen LogP contribution is -2.01. The summed E-state index contributed by atoms with van der Waals surface area (Å²) in [7, 11) is 0. The standard InChI is InChI=1S/C10H8ClN5/c11-5-3-6-4(1-2-14-6)7-8(5)15-10(13)16-9(7)12/h1-3,14H,(H4,12,13,15,16). The van der Waals surface area contributed by atoms with Crippen molar-refractivity contribution >= 4 is 45.2 Å². The molecule has 0 amide bonds. The van der Waals surface area contributed by atoms with Crippen LogP contribution in [0.1, 0.15) is 0 Å². The van der Waals surface area contributed by atoms with Gasteiger partial charge in [0.25, 0.3) is 0 Å². The molecule has 0 fully saturated rings. The third-order valence-corrected chi connectivity index (χ3v) is 2.79. The molecule has 5 nitrogen and oxygen atoms in total. The molecule has 3 aromatic rings. The summed E-state index contributed by atoms with van der Waals surface area (Å²) >= 11 is 6.12. The number of aromatic amines is 1. The number of aromatic nitrogens is 3. The Kier molecular flexibility index (Phi) is 1.73. The van der Waals surface area contributed by atoms with Gasteiger partial charge in [0, 0.05) is 17.1 Å². The van der Waals surface area contributed by atoms with Crippen molar-refractivity contribution in [2.24, 2.45) is 0 Å². The maximum Gasteiger partial charge on any atom is 0.222 e. The van der Waals surface area contributed by atoms with Crippen molar-refractivity contribution in [1.82, 2.24) is 15.0 Å². The molecule has 0 saturated heterocycles. The van der Waals surface area contributed by atoms with Gasteiger partial charge >= 0.3 is 0 Å². The highest BCUT2D eigenvalue weighted by Gasteiger charge is 2.11. The average Bonchev–Trinajstić information content (AvgIpc) is 2.65. The summed E-state index contributed by atoms with van der Waals surface area (Å²) in [6.45, 7) is 0. The van der Waals surface area contributed by atoms with E-state index in [1.54, 1.807) is 6.07 Å². The lowest BCUT2D eigenvalue weighted by atomic mass is 10.1. The molecule has 0 aliphatic rings. The Morgan fingerprint density at radius 3 is 2.88 bits per heavy atom. The highest BCUT2D eigenvalue weighted by Crippen LogP contribution is 2.32. The van der Waals surface area contributed by atoms with E-state index in [-0.39, 0.29) is 5.95 Å². The van der Waals surface area contributed by atoms with E-state index in [4.69, 9.17) is 23.1 Å². The zero-order valence-electron chi connectivity index (χ0n) is 8.16. The summed E-state index contributed by atoms with van der Waals surface area (Å²) in [6, 6.07) is 3.70. The van der Waals surface area contributed by atoms with E-state index >= 15 is 0 Å². The van der Waals surface area contributed by atoms with Crippen molar-refractivity contribution in [3.8, 4) is 0 Å². The number of H-pyrrole nitrogens is 1. The number of halogens is 1. The fraction of sp³-hybridized carbons (Fsp3) is 0. The normalized spacial score (nSPS) is 11.3. The average molecular weight is 234 g/mol. The lowest BCUT2D eigenvalue weighted by molar-refractivity contribution is 1.25. The molecular formula is C10H8ClN5. The van der Waals surface area contributed by atoms with Gasteiger partial charge in [-0.25, -0.2) is 4.98 Å². The van der Waals surface area contributed by atoms with E-state index in [0.29, 0.717) is 16.4 Å². The Morgan fingerprint density at radius 1 is 1.25 bits per heavy atom. The summed E-state index contributed by atoms with van der Waals surface area (Å²) in [6.07, 6.45) is 1.82. The summed E-state index contributed by atoms with van der Waals surface area (Å²) in [5.41, 5.74) is 12.9. The van der Waals surface area contributed by atoms with E-state index in [2.05, 4.69) is 15.0 Å². The van der Waals surface area contributed by atoms with Gasteiger partial charge in [0.2, 0.25) is 5.95 Å². The third-order valence-electron chi connectivity index (χ3n) is 2.50. The molecule has 3 rings (SSSR count). The molecule has 0 aliphatic heterocycles. The van der Waals surface area contributed by atoms with E-state index in [1.165, 1.54) is 0 Å². The molecule has 0 radical (unpaired) electrons. The van der Waals surface area contributed by atoms with Crippen molar-refractivity contribution < 1.29 is 0 Å². The first-order valence-corrected chi connectivity index (χ1v) is 5.03. The summed E-state index contributed by atoms with van der Waals surface area (Å²) in [4.78, 5) is 11.1. The van der Waals surface area contributed by atoms with Crippen molar-refractivity contribution in [1.29, 1.82) is 0 Å². The van der Waals surface area contributed by atoms with Crippen molar-refractivity contribution in [2.75, 3.05) is 11.5 Å². The van der Waals surface area contributed by atoms with Crippen LogP contribution < -0.4 is 11.5 Å². The second-order valence-corrected chi connectivity index (χ2v) is 3.90. The molecule has 80 valence electrons. The molecular weight excluding hydrogens is 226 g/mol. The van der Waals surface area contributed by atoms with Crippen molar-refractivity contribution in [3.63, 3.8) is 0 Å². The molecule has 5 N–H and O–H groups in total. The van der Waals surface area contributed by atoms with Gasteiger partial charge in [-0.1, -0.05) is 11.6 Å². The number of hydrogen-bond acceptors (Lipinski definition) is 4. The van der Waals surface area contributed by atoms with Crippen LogP contribution in [0.4, 0.5) is 11.8 Å². The summed E-state index contributed by atoms with van der Waals surface area (Å²) in [5, 5.41) is 2.18. The maximum atomic E-state index is 6.12. The molecule has 0 spiro atoms. The highest BCUT2D eigenvalue weighted by atomic mass is 35.5. The van der Waals surface area contributed by atoms with Crippen LogP contribution >= 0.6 is 11.6 Å². The summed E-state index contributed by atoms with van der Waals surface area (Å²) < 4.78 is 0. The first-order valence-electron chi connectivity index (χ1n) is 4.65. The Morgan fingerprint density at radius 2 is 2.06 bits per heavy atom. The van der Waals surface area contributed by atoms with E-state index < -0.39 is 0 Å². The fourth-order valence-electron chi connectivity index (χ4n) is 1.85. The zero-order chi connectivity index (χ0) is 11.3. The largest absolute Gasteiger partial charge is 0.383 e. The Balaban J connectivity index is 2.66. The van der Waals surface area contributed by atoms with Crippen LogP contribution in [0.5, 0.6) is 0 Å². The van der Waals surface area contributed by atoms with Gasteiger partial charge in [0.15, 0.2) is 0 Å². The van der Waals surface area contributed by atoms with E-state index in [1.807, 2.05) is 12.3 Å². The molecule has 0 unspecified atom stereocenters. The minimum absolute atomic E-state index is 0.127. The van der Waals surface area contributed by atoms with Crippen LogP contribution in [0.2, 0.25) is 5.02 Å². The molecule has 1 aromatic carbocycles. The second kappa shape index (κ2) is 2.99. The third kappa shape index (κ3) is 1.12. The first-order chi connectivity index (χ1) is 7.66. The minimum atomic E-state index is 0.127. The lowest BCUT2D eigenvalue weighted by Gasteiger charge is -2.05. The molecule has 0 saturated carbocycles. The number of anilines is 2. The Labute approximate surface area is 95.4 Å². The topological polar surface area (TPSA) is 93.6 Å². The van der Waals surface area contributed by atoms with Gasteiger partial charge in [0.1, 0.15) is 5.82 Å². The number of nitrogen functional groups attached to an aromatic ring is 2. The number of rotatable bonds is 0. The highest BCUT2D eigenvalue weighted by molar-refractivity contribution is 6.37. The van der Waals surface area contributed by atoms with Gasteiger partial charge in [-0.2, -0.15) is 4.98 Å². The van der Waals surface area contributed by atoms with E-state index in [0.717, 1.165) is 16.3 Å². The van der Waals surface area contributed by atoms with Crippen molar-refractivity contribution in [2.45, 2.75) is 0 Å². The van der Waals surface area contributed by atoms with Gasteiger partial charge in [0.05, 0.1) is 15.9 Å². The van der Waals surface area contributed by atoms with E-state index in [9.17, 15) is 0 Å². The zero-order valence-corrected chi connectivity index (χ0v) is 8.92. The number of hydrogen-bond donors (Lipinski definition) is 3. The van der Waals surface area contributed by atoms with Crippen LogP contribution in [-0.2, 0) is 0 Å². The minimum Gasteiger partial charge on any atom is -0.383 e. The maximum absolute atomic E-state index is 6.12.